The summed E-state index contributed by atoms with van der Waals surface area (Å²) in [5.74, 6) is 0.638. The molecule has 1 unspecified atom stereocenters. The third-order valence-corrected chi connectivity index (χ3v) is 3.05. The summed E-state index contributed by atoms with van der Waals surface area (Å²) in [6.07, 6.45) is 5.15. The van der Waals surface area contributed by atoms with Gasteiger partial charge in [-0.25, -0.2) is 0 Å². The van der Waals surface area contributed by atoms with Crippen LogP contribution < -0.4 is 0 Å². The van der Waals surface area contributed by atoms with Crippen molar-refractivity contribution < 1.29 is 24.1 Å². The van der Waals surface area contributed by atoms with Crippen LogP contribution in [0.25, 0.3) is 0 Å². The molecule has 0 rings (SSSR count). The lowest BCUT2D eigenvalue weighted by Crippen LogP contribution is -2.14. The smallest absolute Gasteiger partial charge is 0.0701 e. The zero-order chi connectivity index (χ0) is 15.6. The van der Waals surface area contributed by atoms with E-state index < -0.39 is 0 Å². The Bertz CT molecular complexity index is 190. The zero-order valence-corrected chi connectivity index (χ0v) is 13.8. The maximum Gasteiger partial charge on any atom is 0.0701 e. The largest absolute Gasteiger partial charge is 0.394 e. The average Bonchev–Trinajstić information content (AvgIpc) is 2.48. The number of unbranched alkanes of at least 4 members (excludes halogenated alkanes) is 2. The van der Waals surface area contributed by atoms with Gasteiger partial charge < -0.3 is 24.1 Å². The van der Waals surface area contributed by atoms with Gasteiger partial charge in [0.25, 0.3) is 0 Å². The maximum absolute atomic E-state index is 8.50. The Morgan fingerprint density at radius 2 is 1.29 bits per heavy atom. The minimum atomic E-state index is 0.0559. The van der Waals surface area contributed by atoms with E-state index >= 15 is 0 Å². The monoisotopic (exact) mass is 306 g/mol. The summed E-state index contributed by atoms with van der Waals surface area (Å²) >= 11 is 0. The minimum absolute atomic E-state index is 0.0559. The molecule has 0 aliphatic rings. The van der Waals surface area contributed by atoms with Crippen LogP contribution in [0.2, 0.25) is 0 Å². The molecule has 1 atom stereocenters. The van der Waals surface area contributed by atoms with Crippen molar-refractivity contribution in [2.75, 3.05) is 59.5 Å². The van der Waals surface area contributed by atoms with Crippen molar-refractivity contribution in [2.24, 2.45) is 5.92 Å². The molecule has 0 aromatic rings. The highest BCUT2D eigenvalue weighted by atomic mass is 16.6. The highest BCUT2D eigenvalue weighted by Gasteiger charge is 2.01. The maximum atomic E-state index is 8.50. The van der Waals surface area contributed by atoms with E-state index in [-0.39, 0.29) is 6.61 Å². The highest BCUT2D eigenvalue weighted by molar-refractivity contribution is 4.51. The molecule has 0 saturated heterocycles. The number of hydrogen-bond donors (Lipinski definition) is 1. The second-order valence-corrected chi connectivity index (χ2v) is 5.24. The summed E-state index contributed by atoms with van der Waals surface area (Å²) in [6.45, 7) is 9.18. The van der Waals surface area contributed by atoms with E-state index in [0.717, 1.165) is 6.61 Å². The summed E-state index contributed by atoms with van der Waals surface area (Å²) in [5, 5.41) is 8.50. The standard InChI is InChI=1S/C16H34O5/c1-3-4-5-6-16(2)15-21-14-13-20-12-11-19-10-9-18-8-7-17/h16-17H,3-15H2,1-2H3. The number of hydrogen-bond acceptors (Lipinski definition) is 5. The Morgan fingerprint density at radius 1 is 0.762 bits per heavy atom. The molecule has 0 bridgehead atoms. The Morgan fingerprint density at radius 3 is 1.81 bits per heavy atom. The van der Waals surface area contributed by atoms with Crippen LogP contribution >= 0.6 is 0 Å². The molecule has 0 saturated carbocycles. The third-order valence-electron chi connectivity index (χ3n) is 3.05. The van der Waals surface area contributed by atoms with Crippen LogP contribution in [-0.2, 0) is 18.9 Å². The first-order valence-electron chi connectivity index (χ1n) is 8.23. The van der Waals surface area contributed by atoms with Gasteiger partial charge in [-0.05, 0) is 12.3 Å². The van der Waals surface area contributed by atoms with E-state index in [0.29, 0.717) is 52.2 Å². The molecule has 0 heterocycles. The molecule has 0 aromatic carbocycles. The summed E-state index contributed by atoms with van der Waals surface area (Å²) in [6, 6.07) is 0. The number of ether oxygens (including phenoxy) is 4. The summed E-state index contributed by atoms with van der Waals surface area (Å²) in [4.78, 5) is 0. The zero-order valence-electron chi connectivity index (χ0n) is 13.8. The number of rotatable bonds is 17. The molecule has 128 valence electrons. The van der Waals surface area contributed by atoms with Crippen LogP contribution in [0.3, 0.4) is 0 Å². The van der Waals surface area contributed by atoms with Gasteiger partial charge in [0.2, 0.25) is 0 Å². The average molecular weight is 306 g/mol. The topological polar surface area (TPSA) is 57.2 Å². The fraction of sp³-hybridized carbons (Fsp3) is 1.00. The van der Waals surface area contributed by atoms with Crippen LogP contribution in [0.1, 0.15) is 39.5 Å². The number of aliphatic hydroxyl groups excluding tert-OH is 1. The predicted octanol–water partition coefficient (Wildman–Crippen LogP) is 2.26. The fourth-order valence-electron chi connectivity index (χ4n) is 1.83. The van der Waals surface area contributed by atoms with Crippen molar-refractivity contribution in [1.29, 1.82) is 0 Å². The van der Waals surface area contributed by atoms with Gasteiger partial charge in [0.1, 0.15) is 0 Å². The van der Waals surface area contributed by atoms with E-state index in [9.17, 15) is 0 Å². The quantitative estimate of drug-likeness (QED) is 0.418. The van der Waals surface area contributed by atoms with Gasteiger partial charge >= 0.3 is 0 Å². The third kappa shape index (κ3) is 17.7. The minimum Gasteiger partial charge on any atom is -0.394 e. The van der Waals surface area contributed by atoms with Crippen molar-refractivity contribution in [2.45, 2.75) is 39.5 Å². The van der Waals surface area contributed by atoms with Gasteiger partial charge in [-0.15, -0.1) is 0 Å². The first-order chi connectivity index (χ1) is 10.3. The molecule has 0 fully saturated rings. The molecule has 0 spiro atoms. The van der Waals surface area contributed by atoms with E-state index in [1.165, 1.54) is 25.7 Å². The summed E-state index contributed by atoms with van der Waals surface area (Å²) in [7, 11) is 0. The lowest BCUT2D eigenvalue weighted by molar-refractivity contribution is -0.00867. The first-order valence-corrected chi connectivity index (χ1v) is 8.23. The van der Waals surface area contributed by atoms with E-state index in [1.807, 2.05) is 0 Å². The Kier molecular flexibility index (Phi) is 17.7. The van der Waals surface area contributed by atoms with Crippen LogP contribution in [0.5, 0.6) is 0 Å². The fourth-order valence-corrected chi connectivity index (χ4v) is 1.83. The lowest BCUT2D eigenvalue weighted by Gasteiger charge is -2.12. The molecule has 0 aliphatic carbocycles. The van der Waals surface area contributed by atoms with Gasteiger partial charge in [-0.2, -0.15) is 0 Å². The van der Waals surface area contributed by atoms with Crippen molar-refractivity contribution in [3.05, 3.63) is 0 Å². The van der Waals surface area contributed by atoms with Crippen molar-refractivity contribution in [3.63, 3.8) is 0 Å². The molecule has 5 heteroatoms. The Balaban J connectivity index is 3.05. The summed E-state index contributed by atoms with van der Waals surface area (Å²) < 4.78 is 21.4. The summed E-state index contributed by atoms with van der Waals surface area (Å²) in [5.41, 5.74) is 0. The van der Waals surface area contributed by atoms with Crippen LogP contribution in [0.4, 0.5) is 0 Å². The number of aliphatic hydroxyl groups is 1. The van der Waals surface area contributed by atoms with Gasteiger partial charge in [-0.1, -0.05) is 33.1 Å². The molecule has 0 radical (unpaired) electrons. The molecule has 5 nitrogen and oxygen atoms in total. The van der Waals surface area contributed by atoms with Crippen molar-refractivity contribution in [1.82, 2.24) is 0 Å². The van der Waals surface area contributed by atoms with Crippen molar-refractivity contribution >= 4 is 0 Å². The van der Waals surface area contributed by atoms with E-state index in [4.69, 9.17) is 24.1 Å². The second-order valence-electron chi connectivity index (χ2n) is 5.24. The van der Waals surface area contributed by atoms with Crippen molar-refractivity contribution in [3.8, 4) is 0 Å². The molecule has 0 aromatic heterocycles. The molecule has 0 amide bonds. The predicted molar refractivity (Wildman–Crippen MR) is 83.7 cm³/mol. The van der Waals surface area contributed by atoms with Crippen LogP contribution in [0.15, 0.2) is 0 Å². The Labute approximate surface area is 129 Å². The second kappa shape index (κ2) is 17.9. The Hall–Kier alpha value is -0.200. The molecular formula is C16H34O5. The van der Waals surface area contributed by atoms with E-state index in [1.54, 1.807) is 0 Å². The molecule has 1 N–H and O–H groups in total. The van der Waals surface area contributed by atoms with Gasteiger partial charge in [-0.3, -0.25) is 0 Å². The SMILES string of the molecule is CCCCCC(C)COCCOCCOCCOCCO. The lowest BCUT2D eigenvalue weighted by atomic mass is 10.0. The molecular weight excluding hydrogens is 272 g/mol. The molecule has 0 aliphatic heterocycles. The molecule has 21 heavy (non-hydrogen) atoms. The highest BCUT2D eigenvalue weighted by Crippen LogP contribution is 2.09. The van der Waals surface area contributed by atoms with Gasteiger partial charge in [0.15, 0.2) is 0 Å². The van der Waals surface area contributed by atoms with Gasteiger partial charge in [0, 0.05) is 6.61 Å². The van der Waals surface area contributed by atoms with E-state index in [2.05, 4.69) is 13.8 Å². The van der Waals surface area contributed by atoms with Crippen LogP contribution in [-0.4, -0.2) is 64.6 Å². The van der Waals surface area contributed by atoms with Crippen LogP contribution in [0, 0.1) is 5.92 Å². The first kappa shape index (κ1) is 20.8. The van der Waals surface area contributed by atoms with Gasteiger partial charge in [0.05, 0.1) is 52.9 Å². The normalized spacial score (nSPS) is 12.7.